The van der Waals surface area contributed by atoms with Gasteiger partial charge in [0.25, 0.3) is 0 Å². The van der Waals surface area contributed by atoms with Crippen LogP contribution in [0.4, 0.5) is 14.6 Å². The van der Waals surface area contributed by atoms with Crippen LogP contribution in [0.5, 0.6) is 0 Å². The van der Waals surface area contributed by atoms with Gasteiger partial charge in [0.05, 0.1) is 5.69 Å². The average molecular weight is 300 g/mol. The summed E-state index contributed by atoms with van der Waals surface area (Å²) in [6.45, 7) is 3.94. The Morgan fingerprint density at radius 1 is 0.955 bits per heavy atom. The highest BCUT2D eigenvalue weighted by molar-refractivity contribution is 5.71. The van der Waals surface area contributed by atoms with E-state index in [2.05, 4.69) is 10.3 Å². The topological polar surface area (TPSA) is 56.7 Å². The number of halogens is 2. The van der Waals surface area contributed by atoms with Crippen LogP contribution in [-0.4, -0.2) is 15.0 Å². The average Bonchev–Trinajstić information content (AvgIpc) is 2.83. The van der Waals surface area contributed by atoms with Gasteiger partial charge in [-0.1, -0.05) is 11.3 Å². The van der Waals surface area contributed by atoms with Gasteiger partial charge in [0.15, 0.2) is 17.5 Å². The van der Waals surface area contributed by atoms with Gasteiger partial charge in [-0.15, -0.1) is 5.10 Å². The molecule has 2 N–H and O–H groups in total. The molecule has 0 fully saturated rings. The number of hydrogen-bond donors (Lipinski definition) is 1. The Balaban J connectivity index is 2.10. The maximum Gasteiger partial charge on any atom is 0.159 e. The van der Waals surface area contributed by atoms with E-state index in [0.29, 0.717) is 11.3 Å². The summed E-state index contributed by atoms with van der Waals surface area (Å²) < 4.78 is 27.9. The van der Waals surface area contributed by atoms with E-state index >= 15 is 0 Å². The molecule has 0 radical (unpaired) electrons. The van der Waals surface area contributed by atoms with E-state index < -0.39 is 11.6 Å². The van der Waals surface area contributed by atoms with Crippen LogP contribution in [0.3, 0.4) is 0 Å². The van der Waals surface area contributed by atoms with Crippen LogP contribution < -0.4 is 5.73 Å². The largest absolute Gasteiger partial charge is 0.382 e. The molecule has 112 valence electrons. The molecule has 0 aliphatic heterocycles. The molecule has 3 aromatic rings. The summed E-state index contributed by atoms with van der Waals surface area (Å²) in [5, 5.41) is 8.01. The Bertz CT molecular complexity index is 835. The lowest BCUT2D eigenvalue weighted by Gasteiger charge is -2.06. The van der Waals surface area contributed by atoms with E-state index in [1.165, 1.54) is 10.7 Å². The Morgan fingerprint density at radius 3 is 2.27 bits per heavy atom. The van der Waals surface area contributed by atoms with Gasteiger partial charge in [-0.05, 0) is 55.3 Å². The maximum atomic E-state index is 13.4. The third-order valence-electron chi connectivity index (χ3n) is 3.35. The van der Waals surface area contributed by atoms with E-state index in [9.17, 15) is 8.78 Å². The first kappa shape index (κ1) is 14.2. The van der Waals surface area contributed by atoms with Crippen LogP contribution in [0.1, 0.15) is 11.1 Å². The van der Waals surface area contributed by atoms with E-state index in [-0.39, 0.29) is 5.82 Å². The minimum atomic E-state index is -0.946. The fourth-order valence-electron chi connectivity index (χ4n) is 2.40. The first-order chi connectivity index (χ1) is 10.5. The molecule has 0 spiro atoms. The molecular formula is C16H14F2N4. The summed E-state index contributed by atoms with van der Waals surface area (Å²) in [5.41, 5.74) is 9.69. The van der Waals surface area contributed by atoms with Crippen molar-refractivity contribution in [2.75, 3.05) is 5.73 Å². The summed E-state index contributed by atoms with van der Waals surface area (Å²) in [6.07, 6.45) is 0. The maximum absolute atomic E-state index is 13.4. The van der Waals surface area contributed by atoms with Gasteiger partial charge >= 0.3 is 0 Å². The molecule has 0 saturated heterocycles. The molecule has 0 aliphatic rings. The third kappa shape index (κ3) is 2.43. The summed E-state index contributed by atoms with van der Waals surface area (Å²) in [4.78, 5) is 0. The molecule has 6 heteroatoms. The second-order valence-corrected chi connectivity index (χ2v) is 5.21. The van der Waals surface area contributed by atoms with Crippen molar-refractivity contribution in [1.29, 1.82) is 0 Å². The highest BCUT2D eigenvalue weighted by atomic mass is 19.2. The molecule has 4 nitrogen and oxygen atoms in total. The van der Waals surface area contributed by atoms with E-state index in [1.807, 2.05) is 32.0 Å². The summed E-state index contributed by atoms with van der Waals surface area (Å²) in [6, 6.07) is 9.40. The number of nitrogens with two attached hydrogens (primary N) is 1. The highest BCUT2D eigenvalue weighted by Crippen LogP contribution is 2.27. The number of nitrogen functional groups attached to an aromatic ring is 1. The van der Waals surface area contributed by atoms with Gasteiger partial charge in [0.2, 0.25) is 0 Å². The molecule has 1 aromatic heterocycles. The minimum absolute atomic E-state index is 0.274. The Labute approximate surface area is 126 Å². The zero-order valence-corrected chi connectivity index (χ0v) is 12.1. The first-order valence-corrected chi connectivity index (χ1v) is 6.71. The van der Waals surface area contributed by atoms with Gasteiger partial charge in [-0.25, -0.2) is 8.78 Å². The normalized spacial score (nSPS) is 10.9. The van der Waals surface area contributed by atoms with Crippen molar-refractivity contribution in [3.63, 3.8) is 0 Å². The van der Waals surface area contributed by atoms with Crippen molar-refractivity contribution in [2.45, 2.75) is 13.8 Å². The monoisotopic (exact) mass is 300 g/mol. The zero-order valence-electron chi connectivity index (χ0n) is 12.1. The van der Waals surface area contributed by atoms with Crippen molar-refractivity contribution in [2.24, 2.45) is 0 Å². The predicted octanol–water partition coefficient (Wildman–Crippen LogP) is 3.41. The van der Waals surface area contributed by atoms with Gasteiger partial charge in [0, 0.05) is 5.56 Å². The number of aryl methyl sites for hydroxylation is 2. The van der Waals surface area contributed by atoms with Crippen molar-refractivity contribution >= 4 is 5.82 Å². The van der Waals surface area contributed by atoms with E-state index in [4.69, 9.17) is 5.73 Å². The number of nitrogens with zero attached hydrogens (tertiary/aromatic N) is 3. The fourth-order valence-corrected chi connectivity index (χ4v) is 2.40. The quantitative estimate of drug-likeness (QED) is 0.789. The molecule has 0 atom stereocenters. The number of rotatable bonds is 2. The van der Waals surface area contributed by atoms with Crippen LogP contribution >= 0.6 is 0 Å². The fraction of sp³-hybridized carbons (Fsp3) is 0.125. The van der Waals surface area contributed by atoms with Crippen LogP contribution in [0.15, 0.2) is 36.4 Å². The van der Waals surface area contributed by atoms with Crippen molar-refractivity contribution in [3.05, 3.63) is 59.2 Å². The molecule has 2 aromatic carbocycles. The van der Waals surface area contributed by atoms with Crippen LogP contribution in [-0.2, 0) is 0 Å². The highest BCUT2D eigenvalue weighted by Gasteiger charge is 2.15. The Kier molecular flexibility index (Phi) is 3.36. The van der Waals surface area contributed by atoms with Crippen LogP contribution in [0, 0.1) is 25.5 Å². The van der Waals surface area contributed by atoms with Crippen molar-refractivity contribution in [3.8, 4) is 16.9 Å². The molecule has 0 saturated carbocycles. The number of anilines is 1. The summed E-state index contributed by atoms with van der Waals surface area (Å²) in [7, 11) is 0. The Hall–Kier alpha value is -2.76. The lowest BCUT2D eigenvalue weighted by atomic mass is 10.1. The van der Waals surface area contributed by atoms with Gasteiger partial charge in [-0.2, -0.15) is 4.68 Å². The first-order valence-electron chi connectivity index (χ1n) is 6.71. The zero-order chi connectivity index (χ0) is 15.9. The lowest BCUT2D eigenvalue weighted by Crippen LogP contribution is -2.03. The van der Waals surface area contributed by atoms with Crippen molar-refractivity contribution < 1.29 is 8.78 Å². The van der Waals surface area contributed by atoms with E-state index in [1.54, 1.807) is 0 Å². The van der Waals surface area contributed by atoms with Crippen LogP contribution in [0.2, 0.25) is 0 Å². The molecule has 0 bridgehead atoms. The summed E-state index contributed by atoms with van der Waals surface area (Å²) >= 11 is 0. The van der Waals surface area contributed by atoms with Gasteiger partial charge in [0.1, 0.15) is 5.69 Å². The lowest BCUT2D eigenvalue weighted by molar-refractivity contribution is 0.509. The molecule has 0 unspecified atom stereocenters. The Morgan fingerprint density at radius 2 is 1.64 bits per heavy atom. The second kappa shape index (κ2) is 5.22. The summed E-state index contributed by atoms with van der Waals surface area (Å²) in [5.74, 6) is -1.59. The van der Waals surface area contributed by atoms with Crippen molar-refractivity contribution in [1.82, 2.24) is 15.0 Å². The van der Waals surface area contributed by atoms with E-state index in [0.717, 1.165) is 28.9 Å². The predicted molar refractivity (Wildman–Crippen MR) is 80.6 cm³/mol. The molecular weight excluding hydrogens is 286 g/mol. The second-order valence-electron chi connectivity index (χ2n) is 5.21. The SMILES string of the molecule is Cc1cc(C)cc(-n2nnc(-c3ccc(F)c(F)c3)c2N)c1. The standard InChI is InChI=1S/C16H14F2N4/c1-9-5-10(2)7-12(6-9)22-16(19)15(20-21-22)11-3-4-13(17)14(18)8-11/h3-8H,19H2,1-2H3. The van der Waals surface area contributed by atoms with Gasteiger partial charge < -0.3 is 5.73 Å². The number of aromatic nitrogens is 3. The van der Waals surface area contributed by atoms with Crippen LogP contribution in [0.25, 0.3) is 16.9 Å². The third-order valence-corrected chi connectivity index (χ3v) is 3.35. The smallest absolute Gasteiger partial charge is 0.159 e. The molecule has 22 heavy (non-hydrogen) atoms. The number of hydrogen-bond acceptors (Lipinski definition) is 3. The molecule has 3 rings (SSSR count). The minimum Gasteiger partial charge on any atom is -0.382 e. The molecule has 1 heterocycles. The molecule has 0 aliphatic carbocycles. The van der Waals surface area contributed by atoms with Gasteiger partial charge in [-0.3, -0.25) is 0 Å². The molecule has 0 amide bonds. The number of benzene rings is 2.